The Kier molecular flexibility index (Phi) is 5.04. The smallest absolute Gasteiger partial charge is 0.231 e. The summed E-state index contributed by atoms with van der Waals surface area (Å²) in [5.41, 5.74) is 2.07. The molecule has 0 bridgehead atoms. The Balaban J connectivity index is 1.69. The van der Waals surface area contributed by atoms with E-state index in [-0.39, 0.29) is 24.5 Å². The molecular weight excluding hydrogens is 302 g/mol. The zero-order valence-corrected chi connectivity index (χ0v) is 14.1. The molecule has 4 heteroatoms. The number of amides is 1. The van der Waals surface area contributed by atoms with Gasteiger partial charge in [-0.25, -0.2) is 0 Å². The highest BCUT2D eigenvalue weighted by Gasteiger charge is 2.25. The molecule has 0 radical (unpaired) electrons. The SMILES string of the molecule is CCC(C)C(C(=O)NCc1ccc2c(c1)OCO2)c1ccccc1. The van der Waals surface area contributed by atoms with Crippen molar-refractivity contribution in [3.63, 3.8) is 0 Å². The summed E-state index contributed by atoms with van der Waals surface area (Å²) < 4.78 is 10.7. The average Bonchev–Trinajstić information content (AvgIpc) is 3.08. The summed E-state index contributed by atoms with van der Waals surface area (Å²) >= 11 is 0. The fourth-order valence-electron chi connectivity index (χ4n) is 2.98. The normalized spacial score (nSPS) is 14.9. The minimum atomic E-state index is -0.134. The highest BCUT2D eigenvalue weighted by atomic mass is 16.7. The van der Waals surface area contributed by atoms with Gasteiger partial charge in [-0.15, -0.1) is 0 Å². The third kappa shape index (κ3) is 3.53. The van der Waals surface area contributed by atoms with Gasteiger partial charge in [0.15, 0.2) is 11.5 Å². The van der Waals surface area contributed by atoms with Crippen molar-refractivity contribution in [2.75, 3.05) is 6.79 Å². The molecule has 0 saturated heterocycles. The maximum absolute atomic E-state index is 12.8. The summed E-state index contributed by atoms with van der Waals surface area (Å²) in [6.45, 7) is 4.98. The predicted molar refractivity (Wildman–Crippen MR) is 93.0 cm³/mol. The predicted octanol–water partition coefficient (Wildman–Crippen LogP) is 3.86. The van der Waals surface area contributed by atoms with Gasteiger partial charge in [0.1, 0.15) is 0 Å². The lowest BCUT2D eigenvalue weighted by atomic mass is 9.85. The molecule has 0 aliphatic carbocycles. The van der Waals surface area contributed by atoms with E-state index in [1.165, 1.54) is 0 Å². The number of carbonyl (C=O) groups excluding carboxylic acids is 1. The molecule has 0 aromatic heterocycles. The van der Waals surface area contributed by atoms with Crippen molar-refractivity contribution < 1.29 is 14.3 Å². The molecule has 2 aromatic carbocycles. The van der Waals surface area contributed by atoms with E-state index >= 15 is 0 Å². The van der Waals surface area contributed by atoms with E-state index in [1.54, 1.807) is 0 Å². The largest absolute Gasteiger partial charge is 0.454 e. The topological polar surface area (TPSA) is 47.6 Å². The minimum Gasteiger partial charge on any atom is -0.454 e. The first-order valence-corrected chi connectivity index (χ1v) is 8.40. The van der Waals surface area contributed by atoms with Gasteiger partial charge in [0, 0.05) is 6.54 Å². The van der Waals surface area contributed by atoms with Crippen molar-refractivity contribution in [3.05, 3.63) is 59.7 Å². The van der Waals surface area contributed by atoms with E-state index in [0.29, 0.717) is 6.54 Å². The lowest BCUT2D eigenvalue weighted by Gasteiger charge is -2.23. The molecule has 2 atom stereocenters. The molecule has 1 amide bonds. The van der Waals surface area contributed by atoms with Crippen molar-refractivity contribution >= 4 is 5.91 Å². The van der Waals surface area contributed by atoms with Gasteiger partial charge in [0.05, 0.1) is 5.92 Å². The fourth-order valence-corrected chi connectivity index (χ4v) is 2.98. The van der Waals surface area contributed by atoms with Crippen LogP contribution in [0.25, 0.3) is 0 Å². The van der Waals surface area contributed by atoms with Gasteiger partial charge in [0.25, 0.3) is 0 Å². The van der Waals surface area contributed by atoms with Crippen LogP contribution in [-0.4, -0.2) is 12.7 Å². The Hall–Kier alpha value is -2.49. The number of rotatable bonds is 6. The summed E-state index contributed by atoms with van der Waals surface area (Å²) in [4.78, 5) is 12.8. The second-order valence-electron chi connectivity index (χ2n) is 6.18. The lowest BCUT2D eigenvalue weighted by Crippen LogP contribution is -2.32. The van der Waals surface area contributed by atoms with E-state index in [9.17, 15) is 4.79 Å². The van der Waals surface area contributed by atoms with E-state index < -0.39 is 0 Å². The molecule has 2 unspecified atom stereocenters. The molecule has 3 rings (SSSR count). The molecule has 4 nitrogen and oxygen atoms in total. The van der Waals surface area contributed by atoms with Crippen LogP contribution < -0.4 is 14.8 Å². The summed E-state index contributed by atoms with van der Waals surface area (Å²) in [5, 5.41) is 3.07. The third-order valence-electron chi connectivity index (χ3n) is 4.56. The number of ether oxygens (including phenoxy) is 2. The van der Waals surface area contributed by atoms with Gasteiger partial charge >= 0.3 is 0 Å². The average molecular weight is 325 g/mol. The summed E-state index contributed by atoms with van der Waals surface area (Å²) in [7, 11) is 0. The number of carbonyl (C=O) groups is 1. The quantitative estimate of drug-likeness (QED) is 0.877. The fraction of sp³-hybridized carbons (Fsp3) is 0.350. The highest BCUT2D eigenvalue weighted by Crippen LogP contribution is 2.32. The van der Waals surface area contributed by atoms with Gasteiger partial charge in [-0.1, -0.05) is 56.7 Å². The summed E-state index contributed by atoms with van der Waals surface area (Å²) in [6, 6.07) is 15.7. The molecule has 1 N–H and O–H groups in total. The van der Waals surface area contributed by atoms with Crippen molar-refractivity contribution in [1.29, 1.82) is 0 Å². The molecular formula is C20H23NO3. The second kappa shape index (κ2) is 7.39. The van der Waals surface area contributed by atoms with Crippen molar-refractivity contribution in [2.24, 2.45) is 5.92 Å². The van der Waals surface area contributed by atoms with Crippen LogP contribution in [0.5, 0.6) is 11.5 Å². The van der Waals surface area contributed by atoms with Gasteiger partial charge in [0.2, 0.25) is 12.7 Å². The summed E-state index contributed by atoms with van der Waals surface area (Å²) in [5.74, 6) is 1.71. The van der Waals surface area contributed by atoms with Crippen LogP contribution in [0.4, 0.5) is 0 Å². The molecule has 0 saturated carbocycles. The van der Waals surface area contributed by atoms with Gasteiger partial charge in [-0.2, -0.15) is 0 Å². The Morgan fingerprint density at radius 3 is 2.62 bits per heavy atom. The maximum Gasteiger partial charge on any atom is 0.231 e. The standard InChI is InChI=1S/C20H23NO3/c1-3-14(2)19(16-7-5-4-6-8-16)20(22)21-12-15-9-10-17-18(11-15)24-13-23-17/h4-11,14,19H,3,12-13H2,1-2H3,(H,21,22). The second-order valence-corrected chi connectivity index (χ2v) is 6.18. The molecule has 0 spiro atoms. The molecule has 1 heterocycles. The van der Waals surface area contributed by atoms with Crippen molar-refractivity contribution in [1.82, 2.24) is 5.32 Å². The van der Waals surface area contributed by atoms with Gasteiger partial charge < -0.3 is 14.8 Å². The molecule has 126 valence electrons. The van der Waals surface area contributed by atoms with Crippen molar-refractivity contribution in [2.45, 2.75) is 32.7 Å². The van der Waals surface area contributed by atoms with Crippen molar-refractivity contribution in [3.8, 4) is 11.5 Å². The van der Waals surface area contributed by atoms with Gasteiger partial charge in [-0.05, 0) is 29.2 Å². The van der Waals surface area contributed by atoms with E-state index in [4.69, 9.17) is 9.47 Å². The van der Waals surface area contributed by atoms with Crippen LogP contribution in [0.3, 0.4) is 0 Å². The minimum absolute atomic E-state index is 0.0632. The molecule has 0 fully saturated rings. The Labute approximate surface area is 142 Å². The van der Waals surface area contributed by atoms with Crippen LogP contribution in [0.15, 0.2) is 48.5 Å². The molecule has 2 aromatic rings. The van der Waals surface area contributed by atoms with Crippen LogP contribution in [0.2, 0.25) is 0 Å². The molecule has 1 aliphatic heterocycles. The number of benzene rings is 2. The van der Waals surface area contributed by atoms with E-state index in [1.807, 2.05) is 48.5 Å². The zero-order chi connectivity index (χ0) is 16.9. The first-order chi connectivity index (χ1) is 11.7. The van der Waals surface area contributed by atoms with E-state index in [2.05, 4.69) is 19.2 Å². The monoisotopic (exact) mass is 325 g/mol. The number of fused-ring (bicyclic) bond motifs is 1. The lowest BCUT2D eigenvalue weighted by molar-refractivity contribution is -0.123. The van der Waals surface area contributed by atoms with Crippen LogP contribution in [-0.2, 0) is 11.3 Å². The Morgan fingerprint density at radius 2 is 1.88 bits per heavy atom. The third-order valence-corrected chi connectivity index (χ3v) is 4.56. The highest BCUT2D eigenvalue weighted by molar-refractivity contribution is 5.84. The first-order valence-electron chi connectivity index (χ1n) is 8.40. The van der Waals surface area contributed by atoms with Gasteiger partial charge in [-0.3, -0.25) is 4.79 Å². The number of hydrogen-bond acceptors (Lipinski definition) is 3. The Bertz CT molecular complexity index is 699. The number of nitrogens with one attached hydrogen (secondary N) is 1. The zero-order valence-electron chi connectivity index (χ0n) is 14.1. The van der Waals surface area contributed by atoms with Crippen LogP contribution >= 0.6 is 0 Å². The van der Waals surface area contributed by atoms with Crippen LogP contribution in [0, 0.1) is 5.92 Å². The summed E-state index contributed by atoms with van der Waals surface area (Å²) in [6.07, 6.45) is 0.955. The first kappa shape index (κ1) is 16.4. The van der Waals surface area contributed by atoms with Crippen LogP contribution in [0.1, 0.15) is 37.3 Å². The molecule has 1 aliphatic rings. The molecule has 24 heavy (non-hydrogen) atoms. The Morgan fingerprint density at radius 1 is 1.12 bits per heavy atom. The van der Waals surface area contributed by atoms with E-state index in [0.717, 1.165) is 29.0 Å². The maximum atomic E-state index is 12.8. The number of hydrogen-bond donors (Lipinski definition) is 1.